The molecule has 18 heavy (non-hydrogen) atoms. The van der Waals surface area contributed by atoms with Crippen LogP contribution in [0.4, 0.5) is 0 Å². The molecule has 2 aromatic rings. The maximum Gasteiger partial charge on any atom is 0.162 e. The summed E-state index contributed by atoms with van der Waals surface area (Å²) in [6.07, 6.45) is 3.30. The van der Waals surface area contributed by atoms with Gasteiger partial charge >= 0.3 is 0 Å². The monoisotopic (exact) mass is 243 g/mol. The lowest BCUT2D eigenvalue weighted by Gasteiger charge is -2.19. The summed E-state index contributed by atoms with van der Waals surface area (Å²) in [4.78, 5) is 8.56. The normalized spacial score (nSPS) is 13.4. The van der Waals surface area contributed by atoms with E-state index >= 15 is 0 Å². The van der Waals surface area contributed by atoms with Gasteiger partial charge in [0.05, 0.1) is 11.4 Å². The number of nitrogens with zero attached hydrogens (tertiary/aromatic N) is 2. The largest absolute Gasteiger partial charge is 0.486 e. The molecule has 0 fully saturated rings. The number of rotatable bonds is 2. The van der Waals surface area contributed by atoms with Crippen molar-refractivity contribution in [2.75, 3.05) is 13.2 Å². The Bertz CT molecular complexity index is 572. The maximum atomic E-state index is 5.67. The Kier molecular flexibility index (Phi) is 2.82. The molecule has 1 aromatic heterocycles. The first-order valence-electron chi connectivity index (χ1n) is 5.78. The van der Waals surface area contributed by atoms with Crippen molar-refractivity contribution in [1.29, 1.82) is 0 Å². The van der Waals surface area contributed by atoms with E-state index in [0.29, 0.717) is 19.8 Å². The van der Waals surface area contributed by atoms with Crippen LogP contribution in [0.5, 0.6) is 11.5 Å². The van der Waals surface area contributed by atoms with Crippen molar-refractivity contribution >= 4 is 0 Å². The van der Waals surface area contributed by atoms with Crippen molar-refractivity contribution in [3.8, 4) is 22.8 Å². The Morgan fingerprint density at radius 1 is 1.06 bits per heavy atom. The lowest BCUT2D eigenvalue weighted by molar-refractivity contribution is 0.171. The van der Waals surface area contributed by atoms with Crippen molar-refractivity contribution in [2.45, 2.75) is 6.54 Å². The van der Waals surface area contributed by atoms with Gasteiger partial charge in [0, 0.05) is 24.5 Å². The van der Waals surface area contributed by atoms with Crippen LogP contribution in [0.3, 0.4) is 0 Å². The molecule has 2 heterocycles. The van der Waals surface area contributed by atoms with Gasteiger partial charge < -0.3 is 15.2 Å². The summed E-state index contributed by atoms with van der Waals surface area (Å²) in [5.41, 5.74) is 8.17. The van der Waals surface area contributed by atoms with Crippen molar-refractivity contribution in [3.05, 3.63) is 36.3 Å². The molecule has 0 amide bonds. The highest BCUT2D eigenvalue weighted by atomic mass is 16.6. The van der Waals surface area contributed by atoms with Gasteiger partial charge in [0.15, 0.2) is 11.5 Å². The fourth-order valence-electron chi connectivity index (χ4n) is 1.95. The van der Waals surface area contributed by atoms with Crippen molar-refractivity contribution in [2.24, 2.45) is 5.73 Å². The molecule has 3 rings (SSSR count). The number of hydrogen-bond acceptors (Lipinski definition) is 5. The van der Waals surface area contributed by atoms with Gasteiger partial charge in [0.25, 0.3) is 0 Å². The Hall–Kier alpha value is -2.14. The minimum Gasteiger partial charge on any atom is -0.486 e. The summed E-state index contributed by atoms with van der Waals surface area (Å²) in [6.45, 7) is 1.52. The van der Waals surface area contributed by atoms with Crippen molar-refractivity contribution in [3.63, 3.8) is 0 Å². The molecular weight excluding hydrogens is 230 g/mol. The van der Waals surface area contributed by atoms with Crippen LogP contribution < -0.4 is 15.2 Å². The minimum absolute atomic E-state index is 0.359. The molecule has 0 saturated heterocycles. The Morgan fingerprint density at radius 2 is 1.83 bits per heavy atom. The molecule has 5 nitrogen and oxygen atoms in total. The number of benzene rings is 1. The molecule has 0 saturated carbocycles. The smallest absolute Gasteiger partial charge is 0.162 e. The van der Waals surface area contributed by atoms with Crippen LogP contribution >= 0.6 is 0 Å². The average molecular weight is 243 g/mol. The average Bonchev–Trinajstić information content (AvgIpc) is 2.46. The van der Waals surface area contributed by atoms with Crippen LogP contribution in [0.25, 0.3) is 11.3 Å². The second kappa shape index (κ2) is 4.62. The van der Waals surface area contributed by atoms with Gasteiger partial charge in [-0.05, 0) is 18.2 Å². The standard InChI is InChI=1S/C13H13N3O2/c14-8-10-13(16-4-3-15-10)9-1-2-11-12(7-9)18-6-5-17-11/h1-4,7H,5-6,8,14H2. The zero-order valence-corrected chi connectivity index (χ0v) is 9.80. The van der Waals surface area contributed by atoms with E-state index in [1.165, 1.54) is 0 Å². The van der Waals surface area contributed by atoms with E-state index in [9.17, 15) is 0 Å². The quantitative estimate of drug-likeness (QED) is 0.862. The zero-order chi connectivity index (χ0) is 12.4. The minimum atomic E-state index is 0.359. The van der Waals surface area contributed by atoms with Gasteiger partial charge in [0.2, 0.25) is 0 Å². The summed E-state index contributed by atoms with van der Waals surface area (Å²) in [7, 11) is 0. The first kappa shape index (κ1) is 11.0. The van der Waals surface area contributed by atoms with Crippen LogP contribution in [-0.4, -0.2) is 23.2 Å². The van der Waals surface area contributed by atoms with Crippen LogP contribution in [0.15, 0.2) is 30.6 Å². The van der Waals surface area contributed by atoms with E-state index in [4.69, 9.17) is 15.2 Å². The number of nitrogens with two attached hydrogens (primary N) is 1. The zero-order valence-electron chi connectivity index (χ0n) is 9.80. The molecule has 0 spiro atoms. The Balaban J connectivity index is 2.06. The van der Waals surface area contributed by atoms with Gasteiger partial charge in [-0.3, -0.25) is 9.97 Å². The molecule has 2 N–H and O–H groups in total. The van der Waals surface area contributed by atoms with Gasteiger partial charge in [-0.25, -0.2) is 0 Å². The highest BCUT2D eigenvalue weighted by Crippen LogP contribution is 2.34. The molecule has 0 unspecified atom stereocenters. The summed E-state index contributed by atoms with van der Waals surface area (Å²) in [5.74, 6) is 1.51. The topological polar surface area (TPSA) is 70.3 Å². The summed E-state index contributed by atoms with van der Waals surface area (Å²) < 4.78 is 11.0. The lowest BCUT2D eigenvalue weighted by Crippen LogP contribution is -2.15. The molecule has 92 valence electrons. The Morgan fingerprint density at radius 3 is 2.67 bits per heavy atom. The van der Waals surface area contributed by atoms with Crippen molar-refractivity contribution < 1.29 is 9.47 Å². The number of ether oxygens (including phenoxy) is 2. The summed E-state index contributed by atoms with van der Waals surface area (Å²) >= 11 is 0. The molecule has 5 heteroatoms. The van der Waals surface area contributed by atoms with E-state index in [1.54, 1.807) is 12.4 Å². The van der Waals surface area contributed by atoms with E-state index in [0.717, 1.165) is 28.5 Å². The van der Waals surface area contributed by atoms with E-state index in [2.05, 4.69) is 9.97 Å². The van der Waals surface area contributed by atoms with Gasteiger partial charge in [0.1, 0.15) is 13.2 Å². The third-order valence-electron chi connectivity index (χ3n) is 2.78. The third-order valence-corrected chi connectivity index (χ3v) is 2.78. The molecular formula is C13H13N3O2. The Labute approximate surface area is 105 Å². The fraction of sp³-hybridized carbons (Fsp3) is 0.231. The second-order valence-electron chi connectivity index (χ2n) is 3.91. The van der Waals surface area contributed by atoms with E-state index in [1.807, 2.05) is 18.2 Å². The SMILES string of the molecule is NCc1nccnc1-c1ccc2c(c1)OCCO2. The lowest BCUT2D eigenvalue weighted by atomic mass is 10.1. The second-order valence-corrected chi connectivity index (χ2v) is 3.91. The molecule has 0 radical (unpaired) electrons. The molecule has 0 atom stereocenters. The highest BCUT2D eigenvalue weighted by molar-refractivity contribution is 5.65. The number of fused-ring (bicyclic) bond motifs is 1. The van der Waals surface area contributed by atoms with Gasteiger partial charge in [-0.1, -0.05) is 0 Å². The van der Waals surface area contributed by atoms with Gasteiger partial charge in [-0.15, -0.1) is 0 Å². The first-order chi connectivity index (χ1) is 8.88. The number of hydrogen-bond donors (Lipinski definition) is 1. The third kappa shape index (κ3) is 1.89. The summed E-state index contributed by atoms with van der Waals surface area (Å²) in [5, 5.41) is 0. The molecule has 0 bridgehead atoms. The number of aromatic nitrogens is 2. The molecule has 1 aliphatic heterocycles. The molecule has 1 aliphatic rings. The highest BCUT2D eigenvalue weighted by Gasteiger charge is 2.14. The van der Waals surface area contributed by atoms with Gasteiger partial charge in [-0.2, -0.15) is 0 Å². The summed E-state index contributed by atoms with van der Waals surface area (Å²) in [6, 6.07) is 5.74. The molecule has 0 aliphatic carbocycles. The van der Waals surface area contributed by atoms with Crippen LogP contribution in [0.1, 0.15) is 5.69 Å². The van der Waals surface area contributed by atoms with E-state index in [-0.39, 0.29) is 0 Å². The van der Waals surface area contributed by atoms with Crippen LogP contribution in [-0.2, 0) is 6.54 Å². The molecule has 1 aromatic carbocycles. The van der Waals surface area contributed by atoms with Crippen molar-refractivity contribution in [1.82, 2.24) is 9.97 Å². The van der Waals surface area contributed by atoms with Crippen LogP contribution in [0, 0.1) is 0 Å². The van der Waals surface area contributed by atoms with Crippen LogP contribution in [0.2, 0.25) is 0 Å². The maximum absolute atomic E-state index is 5.67. The predicted molar refractivity (Wildman–Crippen MR) is 66.3 cm³/mol. The fourth-order valence-corrected chi connectivity index (χ4v) is 1.95. The first-order valence-corrected chi connectivity index (χ1v) is 5.78. The predicted octanol–water partition coefficient (Wildman–Crippen LogP) is 1.37. The van der Waals surface area contributed by atoms with E-state index < -0.39 is 0 Å².